The molecular formula is C14H20N4O3. The molecule has 2 heterocycles. The lowest BCUT2D eigenvalue weighted by molar-refractivity contribution is -0.136. The maximum absolute atomic E-state index is 11.8. The Kier molecular flexibility index (Phi) is 5.10. The second-order valence-electron chi connectivity index (χ2n) is 5.01. The summed E-state index contributed by atoms with van der Waals surface area (Å²) in [5.41, 5.74) is -0.281. The number of aromatic amines is 1. The van der Waals surface area contributed by atoms with Crippen molar-refractivity contribution in [3.63, 3.8) is 0 Å². The van der Waals surface area contributed by atoms with Gasteiger partial charge in [0.2, 0.25) is 5.43 Å². The fraction of sp³-hybridized carbons (Fsp3) is 0.500. The van der Waals surface area contributed by atoms with Gasteiger partial charge in [0.25, 0.3) is 0 Å². The summed E-state index contributed by atoms with van der Waals surface area (Å²) in [7, 11) is 0. The van der Waals surface area contributed by atoms with Crippen LogP contribution in [0.4, 0.5) is 5.69 Å². The first-order chi connectivity index (χ1) is 10.1. The molecule has 1 saturated heterocycles. The summed E-state index contributed by atoms with van der Waals surface area (Å²) >= 11 is 0. The predicted octanol–water partition coefficient (Wildman–Crippen LogP) is -0.0861. The van der Waals surface area contributed by atoms with Gasteiger partial charge in [0.1, 0.15) is 5.69 Å². The normalized spacial score (nSPS) is 18.4. The second-order valence-corrected chi connectivity index (χ2v) is 5.01. The van der Waals surface area contributed by atoms with Gasteiger partial charge in [0.15, 0.2) is 0 Å². The lowest BCUT2D eigenvalue weighted by atomic mass is 10.2. The van der Waals surface area contributed by atoms with Crippen molar-refractivity contribution in [1.82, 2.24) is 15.2 Å². The van der Waals surface area contributed by atoms with Crippen molar-refractivity contribution in [2.45, 2.75) is 25.8 Å². The lowest BCUT2D eigenvalue weighted by Gasteiger charge is -2.22. The van der Waals surface area contributed by atoms with Crippen LogP contribution in [0.25, 0.3) is 0 Å². The van der Waals surface area contributed by atoms with Crippen LogP contribution < -0.4 is 16.1 Å². The highest BCUT2D eigenvalue weighted by Crippen LogP contribution is 2.15. The van der Waals surface area contributed by atoms with Gasteiger partial charge in [0, 0.05) is 31.0 Å². The average molecular weight is 292 g/mol. The van der Waals surface area contributed by atoms with Crippen molar-refractivity contribution in [3.8, 4) is 0 Å². The maximum atomic E-state index is 11.8. The number of H-pyrrole nitrogens is 1. The minimum atomic E-state index is -0.826. The molecule has 1 aromatic heterocycles. The number of carbonyl (C=O) groups is 2. The van der Waals surface area contributed by atoms with E-state index in [1.54, 1.807) is 0 Å². The quantitative estimate of drug-likeness (QED) is 0.676. The van der Waals surface area contributed by atoms with E-state index in [1.165, 1.54) is 18.5 Å². The molecular weight excluding hydrogens is 272 g/mol. The van der Waals surface area contributed by atoms with Crippen molar-refractivity contribution < 1.29 is 9.59 Å². The van der Waals surface area contributed by atoms with Gasteiger partial charge in [-0.1, -0.05) is 6.92 Å². The first-order valence-corrected chi connectivity index (χ1v) is 7.12. The van der Waals surface area contributed by atoms with E-state index in [9.17, 15) is 14.4 Å². The molecule has 1 aliphatic rings. The number of hydrogen-bond acceptors (Lipinski definition) is 4. The number of nitrogens with one attached hydrogen (secondary N) is 3. The highest BCUT2D eigenvalue weighted by molar-refractivity contribution is 6.39. The number of nitrogens with zero attached hydrogens (tertiary/aromatic N) is 1. The van der Waals surface area contributed by atoms with Crippen molar-refractivity contribution in [1.29, 1.82) is 0 Å². The molecule has 114 valence electrons. The molecule has 1 fully saturated rings. The SMILES string of the molecule is CCN1CCC[C@H]1CNC(=O)C(=O)Nc1c[nH]ccc1=O. The number of rotatable bonds is 4. The van der Waals surface area contributed by atoms with Gasteiger partial charge < -0.3 is 15.6 Å². The summed E-state index contributed by atoms with van der Waals surface area (Å²) in [5.74, 6) is -1.55. The Labute approximate surface area is 122 Å². The van der Waals surface area contributed by atoms with Crippen LogP contribution >= 0.6 is 0 Å². The highest BCUT2D eigenvalue weighted by atomic mass is 16.2. The van der Waals surface area contributed by atoms with Gasteiger partial charge >= 0.3 is 11.8 Å². The van der Waals surface area contributed by atoms with Crippen LogP contribution in [0.3, 0.4) is 0 Å². The average Bonchev–Trinajstić information content (AvgIpc) is 2.94. The van der Waals surface area contributed by atoms with E-state index in [4.69, 9.17) is 0 Å². The zero-order valence-electron chi connectivity index (χ0n) is 12.0. The molecule has 21 heavy (non-hydrogen) atoms. The Bertz CT molecular complexity index is 569. The number of likely N-dealkylation sites (N-methyl/N-ethyl adjacent to an activating group) is 1. The van der Waals surface area contributed by atoms with Crippen LogP contribution in [0, 0.1) is 0 Å². The Morgan fingerprint density at radius 3 is 2.95 bits per heavy atom. The minimum absolute atomic E-state index is 0.0636. The largest absolute Gasteiger partial charge is 0.366 e. The molecule has 0 unspecified atom stereocenters. The van der Waals surface area contributed by atoms with Crippen LogP contribution in [0.2, 0.25) is 0 Å². The molecule has 0 saturated carbocycles. The van der Waals surface area contributed by atoms with Crippen molar-refractivity contribution >= 4 is 17.5 Å². The minimum Gasteiger partial charge on any atom is -0.366 e. The van der Waals surface area contributed by atoms with E-state index in [1.807, 2.05) is 0 Å². The molecule has 1 atom stereocenters. The summed E-state index contributed by atoms with van der Waals surface area (Å²) in [4.78, 5) is 39.9. The Hall–Kier alpha value is -2.15. The fourth-order valence-electron chi connectivity index (χ4n) is 2.53. The molecule has 3 N–H and O–H groups in total. The monoisotopic (exact) mass is 292 g/mol. The smallest absolute Gasteiger partial charge is 0.313 e. The van der Waals surface area contributed by atoms with Crippen molar-refractivity contribution in [3.05, 3.63) is 28.7 Å². The van der Waals surface area contributed by atoms with Crippen LogP contribution in [-0.4, -0.2) is 47.4 Å². The number of hydrogen-bond donors (Lipinski definition) is 3. The van der Waals surface area contributed by atoms with Gasteiger partial charge in [-0.15, -0.1) is 0 Å². The predicted molar refractivity (Wildman–Crippen MR) is 79.0 cm³/mol. The summed E-state index contributed by atoms with van der Waals surface area (Å²) in [5, 5.41) is 4.93. The Balaban J connectivity index is 1.84. The third-order valence-corrected chi connectivity index (χ3v) is 3.68. The van der Waals surface area contributed by atoms with E-state index >= 15 is 0 Å². The van der Waals surface area contributed by atoms with Crippen LogP contribution in [0.1, 0.15) is 19.8 Å². The van der Waals surface area contributed by atoms with Crippen LogP contribution in [0.15, 0.2) is 23.3 Å². The van der Waals surface area contributed by atoms with E-state index in [0.29, 0.717) is 6.54 Å². The first-order valence-electron chi connectivity index (χ1n) is 7.12. The van der Waals surface area contributed by atoms with Gasteiger partial charge in [-0.05, 0) is 25.9 Å². The summed E-state index contributed by atoms with van der Waals surface area (Å²) in [6.07, 6.45) is 4.94. The van der Waals surface area contributed by atoms with E-state index in [0.717, 1.165) is 25.9 Å². The highest BCUT2D eigenvalue weighted by Gasteiger charge is 2.24. The number of carbonyl (C=O) groups excluding carboxylic acids is 2. The van der Waals surface area contributed by atoms with Crippen LogP contribution in [0.5, 0.6) is 0 Å². The molecule has 2 rings (SSSR count). The van der Waals surface area contributed by atoms with Crippen LogP contribution in [-0.2, 0) is 9.59 Å². The summed E-state index contributed by atoms with van der Waals surface area (Å²) in [6.45, 7) is 4.49. The Morgan fingerprint density at radius 1 is 1.43 bits per heavy atom. The number of pyridine rings is 1. The molecule has 0 aromatic carbocycles. The standard InChI is InChI=1S/C14H20N4O3/c1-2-18-7-3-4-10(18)8-16-13(20)14(21)17-11-9-15-6-5-12(11)19/h5-6,9-10H,2-4,7-8H2,1H3,(H,15,19)(H,16,20)(H,17,21)/t10-/m0/s1. The number of aromatic nitrogens is 1. The topological polar surface area (TPSA) is 94.3 Å². The first kappa shape index (κ1) is 15.2. The third kappa shape index (κ3) is 3.91. The maximum Gasteiger partial charge on any atom is 0.313 e. The van der Waals surface area contributed by atoms with Crippen molar-refractivity contribution in [2.75, 3.05) is 25.0 Å². The summed E-state index contributed by atoms with van der Waals surface area (Å²) < 4.78 is 0. The van der Waals surface area contributed by atoms with Crippen molar-refractivity contribution in [2.24, 2.45) is 0 Å². The molecule has 7 nitrogen and oxygen atoms in total. The number of amides is 2. The zero-order valence-corrected chi connectivity index (χ0v) is 12.0. The van der Waals surface area contributed by atoms with E-state index in [2.05, 4.69) is 27.4 Å². The van der Waals surface area contributed by atoms with Gasteiger partial charge in [-0.2, -0.15) is 0 Å². The fourth-order valence-corrected chi connectivity index (χ4v) is 2.53. The summed E-state index contributed by atoms with van der Waals surface area (Å²) in [6, 6.07) is 1.57. The second kappa shape index (κ2) is 7.03. The molecule has 2 amide bonds. The van der Waals surface area contributed by atoms with Gasteiger partial charge in [-0.3, -0.25) is 19.3 Å². The molecule has 0 aliphatic carbocycles. The molecule has 0 radical (unpaired) electrons. The zero-order chi connectivity index (χ0) is 15.2. The molecule has 0 spiro atoms. The lowest BCUT2D eigenvalue weighted by Crippen LogP contribution is -2.44. The number of anilines is 1. The molecule has 0 bridgehead atoms. The van der Waals surface area contributed by atoms with Gasteiger partial charge in [0.05, 0.1) is 0 Å². The van der Waals surface area contributed by atoms with E-state index in [-0.39, 0.29) is 17.2 Å². The van der Waals surface area contributed by atoms with Gasteiger partial charge in [-0.25, -0.2) is 0 Å². The number of likely N-dealkylation sites (tertiary alicyclic amines) is 1. The Morgan fingerprint density at radius 2 is 2.24 bits per heavy atom. The van der Waals surface area contributed by atoms with E-state index < -0.39 is 11.8 Å². The molecule has 7 heteroatoms. The third-order valence-electron chi connectivity index (χ3n) is 3.68. The molecule has 1 aromatic rings. The molecule has 1 aliphatic heterocycles.